The van der Waals surface area contributed by atoms with Gasteiger partial charge >= 0.3 is 0 Å². The normalized spacial score (nSPS) is 14.2. The molecular formula is C26H27F2N5O3S. The third-order valence-electron chi connectivity index (χ3n) is 6.30. The molecule has 194 valence electrons. The summed E-state index contributed by atoms with van der Waals surface area (Å²) < 4.78 is 30.9. The molecule has 4 N–H and O–H groups in total. The van der Waals surface area contributed by atoms with Crippen LogP contribution in [0.3, 0.4) is 0 Å². The second-order valence-corrected chi connectivity index (χ2v) is 9.67. The smallest absolute Gasteiger partial charge is 0.273 e. The van der Waals surface area contributed by atoms with E-state index in [0.29, 0.717) is 5.56 Å². The molecule has 8 nitrogen and oxygen atoms in total. The molecule has 1 aliphatic carbocycles. The molecule has 1 aromatic heterocycles. The van der Waals surface area contributed by atoms with Crippen molar-refractivity contribution >= 4 is 40.6 Å². The first kappa shape index (κ1) is 26.2. The number of nitrogens with zero attached hydrogens (tertiary/aromatic N) is 2. The number of amides is 3. The number of hydrogen-bond acceptors (Lipinski definition) is 6. The highest BCUT2D eigenvalue weighted by molar-refractivity contribution is 7.09. The number of hydrogen-bond donors (Lipinski definition) is 3. The summed E-state index contributed by atoms with van der Waals surface area (Å²) in [6.07, 6.45) is 3.83. The van der Waals surface area contributed by atoms with Crippen molar-refractivity contribution in [2.45, 2.75) is 51.2 Å². The van der Waals surface area contributed by atoms with Crippen molar-refractivity contribution in [1.82, 2.24) is 15.0 Å². The van der Waals surface area contributed by atoms with E-state index < -0.39 is 35.4 Å². The lowest BCUT2D eigenvalue weighted by Crippen LogP contribution is -2.48. The van der Waals surface area contributed by atoms with Crippen molar-refractivity contribution < 1.29 is 23.2 Å². The Morgan fingerprint density at radius 3 is 2.27 bits per heavy atom. The van der Waals surface area contributed by atoms with E-state index >= 15 is 0 Å². The number of anilines is 2. The number of carbonyl (C=O) groups excluding carboxylic acids is 3. The molecule has 3 aromatic rings. The number of nitrogens with one attached hydrogen (secondary N) is 2. The monoisotopic (exact) mass is 527 g/mol. The highest BCUT2D eigenvalue weighted by atomic mass is 32.1. The number of nitrogen functional groups attached to an aromatic ring is 1. The number of halogens is 2. The van der Waals surface area contributed by atoms with Crippen LogP contribution in [0.25, 0.3) is 0 Å². The zero-order chi connectivity index (χ0) is 26.5. The Bertz CT molecular complexity index is 1270. The molecule has 3 amide bonds. The molecule has 1 atom stereocenters. The fourth-order valence-electron chi connectivity index (χ4n) is 4.22. The van der Waals surface area contributed by atoms with Crippen molar-refractivity contribution in [2.24, 2.45) is 0 Å². The molecule has 4 rings (SSSR count). The molecule has 1 saturated carbocycles. The van der Waals surface area contributed by atoms with Gasteiger partial charge in [0.15, 0.2) is 5.69 Å². The van der Waals surface area contributed by atoms with E-state index in [4.69, 9.17) is 5.73 Å². The van der Waals surface area contributed by atoms with Gasteiger partial charge in [0.2, 0.25) is 5.91 Å². The Kier molecular flexibility index (Phi) is 8.12. The predicted octanol–water partition coefficient (Wildman–Crippen LogP) is 4.03. The second kappa shape index (κ2) is 11.5. The molecule has 11 heteroatoms. The number of carbonyl (C=O) groups is 3. The van der Waals surface area contributed by atoms with Gasteiger partial charge in [-0.1, -0.05) is 25.0 Å². The Labute approximate surface area is 217 Å². The zero-order valence-electron chi connectivity index (χ0n) is 20.2. The molecule has 0 aliphatic heterocycles. The van der Waals surface area contributed by atoms with E-state index in [9.17, 15) is 23.2 Å². The average molecular weight is 528 g/mol. The minimum atomic E-state index is -1.03. The summed E-state index contributed by atoms with van der Waals surface area (Å²) in [5.74, 6) is -2.49. The van der Waals surface area contributed by atoms with Gasteiger partial charge in [-0.3, -0.25) is 19.3 Å². The highest BCUT2D eigenvalue weighted by Gasteiger charge is 2.33. The molecule has 0 spiro atoms. The molecule has 2 aromatic carbocycles. The third-order valence-corrected chi connectivity index (χ3v) is 7.15. The first-order chi connectivity index (χ1) is 17.7. The lowest BCUT2D eigenvalue weighted by molar-refractivity contribution is -0.122. The summed E-state index contributed by atoms with van der Waals surface area (Å²) in [7, 11) is 0. The molecule has 0 saturated heterocycles. The van der Waals surface area contributed by atoms with Crippen molar-refractivity contribution in [3.8, 4) is 0 Å². The topological polar surface area (TPSA) is 117 Å². The van der Waals surface area contributed by atoms with Crippen molar-refractivity contribution in [1.29, 1.82) is 0 Å². The first-order valence-electron chi connectivity index (χ1n) is 11.9. The van der Waals surface area contributed by atoms with Crippen LogP contribution in [0.2, 0.25) is 0 Å². The molecule has 0 bridgehead atoms. The molecule has 1 heterocycles. The summed E-state index contributed by atoms with van der Waals surface area (Å²) in [6, 6.07) is 9.77. The summed E-state index contributed by atoms with van der Waals surface area (Å²) in [5, 5.41) is 5.63. The van der Waals surface area contributed by atoms with E-state index in [-0.39, 0.29) is 34.5 Å². The van der Waals surface area contributed by atoms with Crippen LogP contribution < -0.4 is 21.3 Å². The molecule has 37 heavy (non-hydrogen) atoms. The van der Waals surface area contributed by atoms with E-state index in [2.05, 4.69) is 15.0 Å². The Balaban J connectivity index is 1.56. The van der Waals surface area contributed by atoms with Gasteiger partial charge in [-0.2, -0.15) is 4.37 Å². The molecule has 1 aliphatic rings. The zero-order valence-corrected chi connectivity index (χ0v) is 21.0. The minimum Gasteiger partial charge on any atom is -0.395 e. The van der Waals surface area contributed by atoms with Gasteiger partial charge in [-0.25, -0.2) is 8.78 Å². The highest BCUT2D eigenvalue weighted by Crippen LogP contribution is 2.28. The van der Waals surface area contributed by atoms with Crippen LogP contribution in [0.5, 0.6) is 0 Å². The van der Waals surface area contributed by atoms with Gasteiger partial charge in [0.25, 0.3) is 11.8 Å². The van der Waals surface area contributed by atoms with Crippen LogP contribution in [-0.2, 0) is 11.3 Å². The number of rotatable bonds is 8. The van der Waals surface area contributed by atoms with E-state index in [0.717, 1.165) is 37.2 Å². The SMILES string of the molecule is C[C@@H](C(=O)NCc1ccc(F)cc1)N(C(=O)c1snc(C(=O)NC2CCCC2)c1N)c1ccc(F)cc1. The maximum Gasteiger partial charge on any atom is 0.273 e. The fraction of sp³-hybridized carbons (Fsp3) is 0.308. The summed E-state index contributed by atoms with van der Waals surface area (Å²) in [4.78, 5) is 40.6. The Morgan fingerprint density at radius 1 is 1.05 bits per heavy atom. The van der Waals surface area contributed by atoms with Crippen LogP contribution in [0.4, 0.5) is 20.2 Å². The van der Waals surface area contributed by atoms with Crippen LogP contribution >= 0.6 is 11.5 Å². The van der Waals surface area contributed by atoms with Crippen LogP contribution in [0, 0.1) is 11.6 Å². The predicted molar refractivity (Wildman–Crippen MR) is 137 cm³/mol. The van der Waals surface area contributed by atoms with Crippen molar-refractivity contribution in [3.63, 3.8) is 0 Å². The maximum atomic E-state index is 13.7. The molecular weight excluding hydrogens is 500 g/mol. The van der Waals surface area contributed by atoms with Gasteiger partial charge < -0.3 is 16.4 Å². The van der Waals surface area contributed by atoms with Gasteiger partial charge in [0, 0.05) is 18.3 Å². The van der Waals surface area contributed by atoms with E-state index in [1.54, 1.807) is 12.1 Å². The first-order valence-corrected chi connectivity index (χ1v) is 12.7. The number of benzene rings is 2. The van der Waals surface area contributed by atoms with E-state index in [1.807, 2.05) is 0 Å². The van der Waals surface area contributed by atoms with Crippen LogP contribution in [0.15, 0.2) is 48.5 Å². The van der Waals surface area contributed by atoms with Gasteiger partial charge in [0.05, 0.1) is 5.69 Å². The number of aromatic nitrogens is 1. The number of nitrogens with two attached hydrogens (primary N) is 1. The van der Waals surface area contributed by atoms with E-state index in [1.165, 1.54) is 48.2 Å². The van der Waals surface area contributed by atoms with Gasteiger partial charge in [-0.05, 0) is 73.3 Å². The lowest BCUT2D eigenvalue weighted by atomic mass is 10.1. The van der Waals surface area contributed by atoms with Crippen molar-refractivity contribution in [3.05, 3.63) is 76.3 Å². The average Bonchev–Trinajstić information content (AvgIpc) is 3.54. The van der Waals surface area contributed by atoms with Crippen LogP contribution in [0.1, 0.15) is 58.3 Å². The Morgan fingerprint density at radius 2 is 1.65 bits per heavy atom. The largest absolute Gasteiger partial charge is 0.395 e. The molecule has 0 unspecified atom stereocenters. The van der Waals surface area contributed by atoms with Crippen LogP contribution in [-0.4, -0.2) is 34.2 Å². The maximum absolute atomic E-state index is 13.7. The lowest BCUT2D eigenvalue weighted by Gasteiger charge is -2.28. The fourth-order valence-corrected chi connectivity index (χ4v) is 4.96. The quantitative estimate of drug-likeness (QED) is 0.409. The minimum absolute atomic E-state index is 0.000850. The summed E-state index contributed by atoms with van der Waals surface area (Å²) in [5.41, 5.74) is 7.02. The summed E-state index contributed by atoms with van der Waals surface area (Å²) >= 11 is 0.769. The summed E-state index contributed by atoms with van der Waals surface area (Å²) in [6.45, 7) is 1.63. The van der Waals surface area contributed by atoms with Crippen molar-refractivity contribution in [2.75, 3.05) is 10.6 Å². The van der Waals surface area contributed by atoms with Gasteiger partial charge in [-0.15, -0.1) is 0 Å². The standard InChI is InChI=1S/C26H27F2N5O3S/c1-15(24(34)30-14-16-6-8-17(27)9-7-16)33(20-12-10-18(28)11-13-20)26(36)23-21(29)22(32-37-23)25(35)31-19-4-2-3-5-19/h6-13,15,19H,2-5,14,29H2,1H3,(H,30,34)(H,31,35)/t15-/m0/s1. The van der Waals surface area contributed by atoms with Gasteiger partial charge in [0.1, 0.15) is 22.6 Å². The Hall–Kier alpha value is -3.86. The molecule has 1 fully saturated rings. The second-order valence-electron chi connectivity index (χ2n) is 8.90. The third kappa shape index (κ3) is 6.11. The molecule has 0 radical (unpaired) electrons.